The third kappa shape index (κ3) is 7.34. The maximum Gasteiger partial charge on any atom is 0.305 e. The minimum atomic E-state index is -0.883. The summed E-state index contributed by atoms with van der Waals surface area (Å²) in [7, 11) is 0. The number of aliphatic carboxylic acids is 1. The van der Waals surface area contributed by atoms with Crippen molar-refractivity contribution in [2.45, 2.75) is 44.7 Å². The Labute approximate surface area is 192 Å². The van der Waals surface area contributed by atoms with Crippen LogP contribution in [-0.4, -0.2) is 79.4 Å². The van der Waals surface area contributed by atoms with E-state index in [1.807, 2.05) is 18.2 Å². The van der Waals surface area contributed by atoms with Crippen molar-refractivity contribution in [3.05, 3.63) is 34.9 Å². The van der Waals surface area contributed by atoms with Crippen molar-refractivity contribution < 1.29 is 38.5 Å². The van der Waals surface area contributed by atoms with Crippen LogP contribution in [0.1, 0.15) is 47.2 Å². The summed E-state index contributed by atoms with van der Waals surface area (Å²) in [6, 6.07) is 5.15. The molecule has 0 bridgehead atoms. The molecule has 1 aromatic carbocycles. The Morgan fingerprint density at radius 1 is 1.03 bits per heavy atom. The number of nitrogens with one attached hydrogen (secondary N) is 1. The summed E-state index contributed by atoms with van der Waals surface area (Å²) >= 11 is 0. The molecule has 10 nitrogen and oxygen atoms in total. The van der Waals surface area contributed by atoms with Crippen LogP contribution in [0, 0.1) is 0 Å². The minimum Gasteiger partial charge on any atom is -0.481 e. The SMILES string of the molecule is O=C(O)CCOCCOCCOCCCc1ccc2c(c1)CN(C1CCC(=O)NC1=O)C2=O. The van der Waals surface area contributed by atoms with Gasteiger partial charge in [-0.15, -0.1) is 0 Å². The van der Waals surface area contributed by atoms with E-state index in [0.29, 0.717) is 51.6 Å². The van der Waals surface area contributed by atoms with Crippen molar-refractivity contribution in [1.29, 1.82) is 0 Å². The molecule has 0 spiro atoms. The molecule has 10 heteroatoms. The number of imide groups is 1. The van der Waals surface area contributed by atoms with Crippen LogP contribution in [0.25, 0.3) is 0 Å². The molecule has 3 rings (SSSR count). The number of carboxylic acid groups (broad SMARTS) is 1. The van der Waals surface area contributed by atoms with Gasteiger partial charge in [0, 0.05) is 25.1 Å². The van der Waals surface area contributed by atoms with Gasteiger partial charge in [0.25, 0.3) is 5.91 Å². The van der Waals surface area contributed by atoms with E-state index in [1.54, 1.807) is 4.90 Å². The molecule has 3 amide bonds. The summed E-state index contributed by atoms with van der Waals surface area (Å²) in [5, 5.41) is 10.8. The highest BCUT2D eigenvalue weighted by atomic mass is 16.5. The molecule has 1 fully saturated rings. The van der Waals surface area contributed by atoms with Crippen LogP contribution in [0.3, 0.4) is 0 Å². The van der Waals surface area contributed by atoms with Crippen molar-refractivity contribution in [2.24, 2.45) is 0 Å². The molecule has 1 aromatic rings. The molecule has 0 aromatic heterocycles. The lowest BCUT2D eigenvalue weighted by Crippen LogP contribution is -2.52. The van der Waals surface area contributed by atoms with Gasteiger partial charge in [-0.1, -0.05) is 12.1 Å². The van der Waals surface area contributed by atoms with Gasteiger partial charge in [0.05, 0.1) is 39.5 Å². The first-order chi connectivity index (χ1) is 16.0. The molecule has 1 atom stereocenters. The number of hydrogen-bond donors (Lipinski definition) is 2. The van der Waals surface area contributed by atoms with Gasteiger partial charge in [-0.3, -0.25) is 24.5 Å². The van der Waals surface area contributed by atoms with E-state index in [0.717, 1.165) is 24.0 Å². The second kappa shape index (κ2) is 12.4. The molecule has 0 radical (unpaired) electrons. The highest BCUT2D eigenvalue weighted by Gasteiger charge is 2.38. The fraction of sp³-hybridized carbons (Fsp3) is 0.565. The summed E-state index contributed by atoms with van der Waals surface area (Å²) in [4.78, 5) is 48.1. The van der Waals surface area contributed by atoms with Gasteiger partial charge in [0.2, 0.25) is 11.8 Å². The lowest BCUT2D eigenvalue weighted by molar-refractivity contribution is -0.139. The van der Waals surface area contributed by atoms with Gasteiger partial charge in [-0.25, -0.2) is 0 Å². The lowest BCUT2D eigenvalue weighted by atomic mass is 10.0. The summed E-state index contributed by atoms with van der Waals surface area (Å²) < 4.78 is 16.0. The summed E-state index contributed by atoms with van der Waals surface area (Å²) in [5.41, 5.74) is 2.62. The van der Waals surface area contributed by atoms with Crippen LogP contribution >= 0.6 is 0 Å². The largest absolute Gasteiger partial charge is 0.481 e. The smallest absolute Gasteiger partial charge is 0.305 e. The Hall–Kier alpha value is -2.82. The first-order valence-corrected chi connectivity index (χ1v) is 11.2. The van der Waals surface area contributed by atoms with Crippen LogP contribution in [0.5, 0.6) is 0 Å². The van der Waals surface area contributed by atoms with Crippen LogP contribution < -0.4 is 5.32 Å². The maximum absolute atomic E-state index is 12.7. The number of benzene rings is 1. The number of carboxylic acids is 1. The average molecular weight is 462 g/mol. The molecular weight excluding hydrogens is 432 g/mol. The first kappa shape index (κ1) is 24.8. The molecule has 180 valence electrons. The summed E-state index contributed by atoms with van der Waals surface area (Å²) in [5.74, 6) is -1.74. The van der Waals surface area contributed by atoms with Gasteiger partial charge < -0.3 is 24.2 Å². The Kier molecular flexibility index (Phi) is 9.35. The van der Waals surface area contributed by atoms with E-state index in [2.05, 4.69) is 5.32 Å². The zero-order valence-corrected chi connectivity index (χ0v) is 18.5. The molecule has 1 unspecified atom stereocenters. The Bertz CT molecular complexity index is 872. The van der Waals surface area contributed by atoms with E-state index in [9.17, 15) is 19.2 Å². The van der Waals surface area contributed by atoms with Crippen LogP contribution in [0.2, 0.25) is 0 Å². The quantitative estimate of drug-likeness (QED) is 0.308. The number of ether oxygens (including phenoxy) is 3. The maximum atomic E-state index is 12.7. The Morgan fingerprint density at radius 2 is 1.73 bits per heavy atom. The number of rotatable bonds is 14. The molecule has 1 saturated heterocycles. The number of nitrogens with zero attached hydrogens (tertiary/aromatic N) is 1. The highest BCUT2D eigenvalue weighted by Crippen LogP contribution is 2.28. The lowest BCUT2D eigenvalue weighted by Gasteiger charge is -2.29. The topological polar surface area (TPSA) is 131 Å². The second-order valence-corrected chi connectivity index (χ2v) is 7.98. The van der Waals surface area contributed by atoms with Gasteiger partial charge in [-0.05, 0) is 36.5 Å². The van der Waals surface area contributed by atoms with Gasteiger partial charge in [0.1, 0.15) is 6.04 Å². The highest BCUT2D eigenvalue weighted by molar-refractivity contribution is 6.05. The molecule has 0 saturated carbocycles. The molecule has 2 aliphatic rings. The van der Waals surface area contributed by atoms with Crippen molar-refractivity contribution in [2.75, 3.05) is 39.6 Å². The fourth-order valence-corrected chi connectivity index (χ4v) is 3.86. The number of carbonyl (C=O) groups excluding carboxylic acids is 3. The van der Waals surface area contributed by atoms with Crippen LogP contribution in [0.4, 0.5) is 0 Å². The monoisotopic (exact) mass is 462 g/mol. The number of piperidine rings is 1. The van der Waals surface area contributed by atoms with E-state index in [-0.39, 0.29) is 31.3 Å². The fourth-order valence-electron chi connectivity index (χ4n) is 3.86. The molecule has 0 aliphatic carbocycles. The Balaban J connectivity index is 1.30. The van der Waals surface area contributed by atoms with Crippen molar-refractivity contribution >= 4 is 23.7 Å². The van der Waals surface area contributed by atoms with Gasteiger partial charge >= 0.3 is 5.97 Å². The number of aryl methyl sites for hydroxylation is 1. The van der Waals surface area contributed by atoms with E-state index >= 15 is 0 Å². The minimum absolute atomic E-state index is 0.0122. The van der Waals surface area contributed by atoms with Crippen LogP contribution in [0.15, 0.2) is 18.2 Å². The predicted octanol–water partition coefficient (Wildman–Crippen LogP) is 0.905. The van der Waals surface area contributed by atoms with Crippen molar-refractivity contribution in [3.8, 4) is 0 Å². The van der Waals surface area contributed by atoms with Crippen molar-refractivity contribution in [1.82, 2.24) is 10.2 Å². The second-order valence-electron chi connectivity index (χ2n) is 7.98. The number of amides is 3. The average Bonchev–Trinajstić information content (AvgIpc) is 3.10. The van der Waals surface area contributed by atoms with E-state index in [4.69, 9.17) is 19.3 Å². The zero-order valence-electron chi connectivity index (χ0n) is 18.5. The predicted molar refractivity (Wildman–Crippen MR) is 116 cm³/mol. The number of fused-ring (bicyclic) bond motifs is 1. The van der Waals surface area contributed by atoms with Crippen LogP contribution in [-0.2, 0) is 41.6 Å². The van der Waals surface area contributed by atoms with Crippen molar-refractivity contribution in [3.63, 3.8) is 0 Å². The normalized spacial score (nSPS) is 17.9. The molecule has 2 N–H and O–H groups in total. The standard InChI is InChI=1S/C23H30N2O8/c26-20-6-5-19(22(29)24-20)25-15-17-14-16(3-4-18(17)23(25)30)2-1-8-31-10-12-33-13-11-32-9-7-21(27)28/h3-4,14,19H,1-2,5-13,15H2,(H,27,28)(H,24,26,29). The summed E-state index contributed by atoms with van der Waals surface area (Å²) in [6.07, 6.45) is 2.21. The third-order valence-electron chi connectivity index (χ3n) is 5.55. The third-order valence-corrected chi connectivity index (χ3v) is 5.55. The summed E-state index contributed by atoms with van der Waals surface area (Å²) in [6.45, 7) is 2.80. The van der Waals surface area contributed by atoms with Gasteiger partial charge in [0.15, 0.2) is 0 Å². The molecule has 33 heavy (non-hydrogen) atoms. The Morgan fingerprint density at radius 3 is 2.42 bits per heavy atom. The zero-order chi connectivity index (χ0) is 23.6. The molecular formula is C23H30N2O8. The number of hydrogen-bond acceptors (Lipinski definition) is 7. The molecule has 2 aliphatic heterocycles. The molecule has 2 heterocycles. The van der Waals surface area contributed by atoms with E-state index in [1.165, 1.54) is 0 Å². The first-order valence-electron chi connectivity index (χ1n) is 11.2. The number of carbonyl (C=O) groups is 4. The van der Waals surface area contributed by atoms with Gasteiger partial charge in [-0.2, -0.15) is 0 Å². The van der Waals surface area contributed by atoms with E-state index < -0.39 is 17.9 Å².